The predicted molar refractivity (Wildman–Crippen MR) is 128 cm³/mol. The van der Waals surface area contributed by atoms with Crippen molar-refractivity contribution in [2.24, 2.45) is 0 Å². The zero-order valence-electron chi connectivity index (χ0n) is 19.8. The van der Waals surface area contributed by atoms with Crippen molar-refractivity contribution < 1.29 is 0 Å². The average molecular weight is 384 g/mol. The second-order valence-corrected chi connectivity index (χ2v) is 5.46. The summed E-state index contributed by atoms with van der Waals surface area (Å²) in [4.78, 5) is 4.49. The van der Waals surface area contributed by atoms with Gasteiger partial charge in [-0.05, 0) is 58.2 Å². The number of rotatable bonds is 5. The van der Waals surface area contributed by atoms with Crippen molar-refractivity contribution >= 4 is 5.82 Å². The molecule has 1 rings (SSSR count). The van der Waals surface area contributed by atoms with Gasteiger partial charge in [-0.2, -0.15) is 5.26 Å². The van der Waals surface area contributed by atoms with Crippen molar-refractivity contribution in [3.05, 3.63) is 71.1 Å². The molecule has 28 heavy (non-hydrogen) atoms. The third-order valence-corrected chi connectivity index (χ3v) is 3.51. The second-order valence-electron chi connectivity index (χ2n) is 5.46. The first kappa shape index (κ1) is 30.1. The number of aryl methyl sites for hydroxylation is 1. The maximum Gasteiger partial charge on any atom is 0.133 e. The summed E-state index contributed by atoms with van der Waals surface area (Å²) in [5.74, 6) is 0.782. The van der Waals surface area contributed by atoms with Crippen LogP contribution >= 0.6 is 0 Å². The Labute approximate surface area is 174 Å². The van der Waals surface area contributed by atoms with E-state index in [4.69, 9.17) is 5.26 Å². The lowest BCUT2D eigenvalue weighted by molar-refractivity contribution is 1.08. The van der Waals surface area contributed by atoms with Crippen LogP contribution in [0.25, 0.3) is 0 Å². The minimum absolute atomic E-state index is 0.659. The molecule has 1 aromatic heterocycles. The van der Waals surface area contributed by atoms with Crippen LogP contribution in [-0.2, 0) is 0 Å². The van der Waals surface area contributed by atoms with Crippen molar-refractivity contribution in [1.82, 2.24) is 4.98 Å². The van der Waals surface area contributed by atoms with E-state index in [1.54, 1.807) is 6.08 Å². The molecular weight excluding hydrogens is 342 g/mol. The number of allylic oxidation sites excluding steroid dienone is 5. The highest BCUT2D eigenvalue weighted by molar-refractivity contribution is 5.57. The summed E-state index contributed by atoms with van der Waals surface area (Å²) < 4.78 is 0. The number of anilines is 1. The summed E-state index contributed by atoms with van der Waals surface area (Å²) in [6.45, 7) is 27.1. The Kier molecular flexibility index (Phi) is 20.6. The Bertz CT molecular complexity index is 687. The second kappa shape index (κ2) is 19.2. The number of hydrogen-bond donors (Lipinski definition) is 1. The fourth-order valence-corrected chi connectivity index (χ4v) is 2.16. The molecule has 0 fully saturated rings. The number of nitrogens with one attached hydrogen (secondary N) is 1. The van der Waals surface area contributed by atoms with E-state index in [0.717, 1.165) is 34.8 Å². The molecule has 0 saturated carbocycles. The molecule has 0 amide bonds. The molecule has 1 heterocycles. The predicted octanol–water partition coefficient (Wildman–Crippen LogP) is 7.96. The van der Waals surface area contributed by atoms with Crippen LogP contribution in [0.5, 0.6) is 0 Å². The minimum Gasteiger partial charge on any atom is -0.344 e. The molecule has 0 unspecified atom stereocenters. The van der Waals surface area contributed by atoms with Gasteiger partial charge in [-0.25, -0.2) is 4.98 Å². The van der Waals surface area contributed by atoms with Gasteiger partial charge in [0.25, 0.3) is 0 Å². The van der Waals surface area contributed by atoms with Crippen LogP contribution in [0.2, 0.25) is 0 Å². The molecule has 0 bridgehead atoms. The molecular formula is C25H41N3. The first-order chi connectivity index (χ1) is 13.4. The van der Waals surface area contributed by atoms with Gasteiger partial charge in [-0.3, -0.25) is 0 Å². The van der Waals surface area contributed by atoms with Gasteiger partial charge in [0.05, 0.1) is 11.3 Å². The molecule has 0 spiro atoms. The fourth-order valence-electron chi connectivity index (χ4n) is 2.16. The van der Waals surface area contributed by atoms with Crippen LogP contribution in [0.1, 0.15) is 77.3 Å². The average Bonchev–Trinajstić information content (AvgIpc) is 2.69. The minimum atomic E-state index is 0.659. The lowest BCUT2D eigenvalue weighted by Crippen LogP contribution is -2.07. The Morgan fingerprint density at radius 1 is 1.07 bits per heavy atom. The van der Waals surface area contributed by atoms with E-state index in [-0.39, 0.29) is 0 Å². The molecule has 0 aliphatic carbocycles. The molecule has 0 aliphatic heterocycles. The van der Waals surface area contributed by atoms with Crippen molar-refractivity contribution in [3.8, 4) is 6.07 Å². The Hall–Kier alpha value is -2.60. The first-order valence-electron chi connectivity index (χ1n) is 10.0. The van der Waals surface area contributed by atoms with E-state index in [9.17, 15) is 0 Å². The zero-order chi connectivity index (χ0) is 22.7. The van der Waals surface area contributed by atoms with Gasteiger partial charge in [0, 0.05) is 12.1 Å². The lowest BCUT2D eigenvalue weighted by Gasteiger charge is -2.15. The van der Waals surface area contributed by atoms with E-state index >= 15 is 0 Å². The molecule has 0 aromatic carbocycles. The first-order valence-corrected chi connectivity index (χ1v) is 10.0. The third kappa shape index (κ3) is 11.2. The van der Waals surface area contributed by atoms with Gasteiger partial charge in [0.1, 0.15) is 11.9 Å². The van der Waals surface area contributed by atoms with Crippen LogP contribution < -0.4 is 5.32 Å². The van der Waals surface area contributed by atoms with E-state index in [0.29, 0.717) is 5.56 Å². The molecule has 1 N–H and O–H groups in total. The molecule has 0 saturated heterocycles. The molecule has 0 atom stereocenters. The highest BCUT2D eigenvalue weighted by Gasteiger charge is 2.12. The third-order valence-electron chi connectivity index (χ3n) is 3.51. The molecule has 1 aromatic rings. The van der Waals surface area contributed by atoms with Gasteiger partial charge < -0.3 is 5.32 Å². The molecule has 3 nitrogen and oxygen atoms in total. The lowest BCUT2D eigenvalue weighted by atomic mass is 10.0. The largest absolute Gasteiger partial charge is 0.344 e. The van der Waals surface area contributed by atoms with Gasteiger partial charge in [0.2, 0.25) is 0 Å². The van der Waals surface area contributed by atoms with Gasteiger partial charge in [0.15, 0.2) is 0 Å². The Morgan fingerprint density at radius 2 is 1.57 bits per heavy atom. The van der Waals surface area contributed by atoms with Crippen molar-refractivity contribution in [3.63, 3.8) is 0 Å². The summed E-state index contributed by atoms with van der Waals surface area (Å²) in [6, 6.07) is 2.21. The maximum atomic E-state index is 9.16. The van der Waals surface area contributed by atoms with Gasteiger partial charge in [-0.15, -0.1) is 6.58 Å². The number of pyridine rings is 1. The van der Waals surface area contributed by atoms with Crippen LogP contribution in [0.15, 0.2) is 48.7 Å². The number of nitriles is 1. The van der Waals surface area contributed by atoms with Crippen LogP contribution in [0.4, 0.5) is 5.82 Å². The van der Waals surface area contributed by atoms with Crippen LogP contribution in [0, 0.1) is 32.1 Å². The standard InChI is InChI=1S/C18H23N3.C3H6.2C2H6/c1-7-9-16(8-2)10-12(3)20-18-14(5)13(4)17(11-19)15(6)21-18;1-3-2;2*1-2/h7-9H,3,10H2,1-2,4-6H3,(H,20,21);3H,1H2,2H3;2*1-2H3/b9-7-,16-8+;;;. The van der Waals surface area contributed by atoms with Gasteiger partial charge in [-0.1, -0.05) is 58.6 Å². The van der Waals surface area contributed by atoms with E-state index in [1.807, 2.05) is 75.3 Å². The van der Waals surface area contributed by atoms with Crippen molar-refractivity contribution in [2.75, 3.05) is 5.32 Å². The smallest absolute Gasteiger partial charge is 0.133 e. The molecule has 156 valence electrons. The van der Waals surface area contributed by atoms with Gasteiger partial charge >= 0.3 is 0 Å². The number of nitrogens with zero attached hydrogens (tertiary/aromatic N) is 2. The van der Waals surface area contributed by atoms with E-state index in [1.165, 1.54) is 5.57 Å². The molecule has 0 aliphatic rings. The van der Waals surface area contributed by atoms with Crippen LogP contribution in [0.3, 0.4) is 0 Å². The van der Waals surface area contributed by atoms with Crippen LogP contribution in [-0.4, -0.2) is 4.98 Å². The quantitative estimate of drug-likeness (QED) is 0.414. The SMILES string of the molecule is C=C(CC(/C=C\C)=C/C)Nc1nc(C)c(C#N)c(C)c1C.C=CC.CC.CC. The number of aromatic nitrogens is 1. The highest BCUT2D eigenvalue weighted by Crippen LogP contribution is 2.24. The maximum absolute atomic E-state index is 9.16. The summed E-state index contributed by atoms with van der Waals surface area (Å²) in [5, 5.41) is 12.4. The Balaban J connectivity index is -0.000000789. The van der Waals surface area contributed by atoms with Crippen molar-refractivity contribution in [2.45, 2.75) is 75.7 Å². The summed E-state index contributed by atoms with van der Waals surface area (Å²) in [6.07, 6.45) is 8.66. The normalized spacial score (nSPS) is 9.54. The zero-order valence-corrected chi connectivity index (χ0v) is 19.8. The molecule has 3 heteroatoms. The summed E-state index contributed by atoms with van der Waals surface area (Å²) in [7, 11) is 0. The van der Waals surface area contributed by atoms with Crippen molar-refractivity contribution in [1.29, 1.82) is 5.26 Å². The topological polar surface area (TPSA) is 48.7 Å². The highest BCUT2D eigenvalue weighted by atomic mass is 15.0. The number of hydrogen-bond acceptors (Lipinski definition) is 3. The van der Waals surface area contributed by atoms with E-state index < -0.39 is 0 Å². The fraction of sp³-hybridized carbons (Fsp3) is 0.440. The van der Waals surface area contributed by atoms with E-state index in [2.05, 4.69) is 41.7 Å². The molecule has 0 radical (unpaired) electrons. The summed E-state index contributed by atoms with van der Waals surface area (Å²) in [5.41, 5.74) is 5.46. The Morgan fingerprint density at radius 3 is 1.96 bits per heavy atom. The summed E-state index contributed by atoms with van der Waals surface area (Å²) >= 11 is 0. The monoisotopic (exact) mass is 383 g/mol.